The van der Waals surface area contributed by atoms with Gasteiger partial charge in [-0.15, -0.1) is 11.3 Å². The highest BCUT2D eigenvalue weighted by Crippen LogP contribution is 2.32. The summed E-state index contributed by atoms with van der Waals surface area (Å²) >= 11 is 1.54. The average Bonchev–Trinajstić information content (AvgIpc) is 3.34. The van der Waals surface area contributed by atoms with Crippen molar-refractivity contribution in [1.29, 1.82) is 0 Å². The van der Waals surface area contributed by atoms with E-state index in [0.29, 0.717) is 35.6 Å². The number of nitrogens with zero attached hydrogens (tertiary/aromatic N) is 2. The smallest absolute Gasteiger partial charge is 0.254 e. The Morgan fingerprint density at radius 3 is 2.77 bits per heavy atom. The predicted molar refractivity (Wildman–Crippen MR) is 103 cm³/mol. The summed E-state index contributed by atoms with van der Waals surface area (Å²) in [5.41, 5.74) is 3.31. The summed E-state index contributed by atoms with van der Waals surface area (Å²) in [6.07, 6.45) is 3.24. The number of aromatic nitrogens is 1. The fourth-order valence-corrected chi connectivity index (χ4v) is 3.32. The van der Waals surface area contributed by atoms with Crippen molar-refractivity contribution in [1.82, 2.24) is 9.88 Å². The van der Waals surface area contributed by atoms with Gasteiger partial charge < -0.3 is 14.4 Å². The molecule has 3 rings (SSSR count). The molecule has 1 fully saturated rings. The Morgan fingerprint density at radius 1 is 1.35 bits per heavy atom. The molecule has 1 amide bonds. The van der Waals surface area contributed by atoms with Gasteiger partial charge in [0.1, 0.15) is 6.61 Å². The van der Waals surface area contributed by atoms with Gasteiger partial charge in [-0.2, -0.15) is 0 Å². The van der Waals surface area contributed by atoms with Crippen LogP contribution < -0.4 is 9.47 Å². The number of ether oxygens (including phenoxy) is 2. The van der Waals surface area contributed by atoms with Crippen molar-refractivity contribution in [2.24, 2.45) is 5.92 Å². The minimum atomic E-state index is 0.0810. The molecule has 0 bridgehead atoms. The zero-order valence-corrected chi connectivity index (χ0v) is 16.4. The van der Waals surface area contributed by atoms with Crippen molar-refractivity contribution < 1.29 is 14.3 Å². The van der Waals surface area contributed by atoms with Crippen LogP contribution in [0.4, 0.5) is 0 Å². The van der Waals surface area contributed by atoms with Gasteiger partial charge in [0.2, 0.25) is 0 Å². The molecule has 0 N–H and O–H groups in total. The number of hydrogen-bond donors (Lipinski definition) is 0. The van der Waals surface area contributed by atoms with Crippen LogP contribution in [0.3, 0.4) is 0 Å². The zero-order chi connectivity index (χ0) is 18.5. The number of hydrogen-bond acceptors (Lipinski definition) is 5. The quantitative estimate of drug-likeness (QED) is 0.653. The third kappa shape index (κ3) is 4.75. The summed E-state index contributed by atoms with van der Waals surface area (Å²) in [4.78, 5) is 19.2. The Morgan fingerprint density at radius 2 is 2.15 bits per heavy atom. The van der Waals surface area contributed by atoms with Crippen LogP contribution in [0.5, 0.6) is 11.5 Å². The molecule has 1 aliphatic rings. The molecular formula is C20H26N2O3S. The Hall–Kier alpha value is -2.08. The molecule has 0 saturated heterocycles. The van der Waals surface area contributed by atoms with Gasteiger partial charge in [-0.25, -0.2) is 4.98 Å². The van der Waals surface area contributed by atoms with Gasteiger partial charge in [-0.05, 0) is 43.4 Å². The molecule has 2 aromatic rings. The van der Waals surface area contributed by atoms with Gasteiger partial charge in [0.15, 0.2) is 11.5 Å². The average molecular weight is 375 g/mol. The molecule has 140 valence electrons. The van der Waals surface area contributed by atoms with Crippen molar-refractivity contribution in [2.75, 3.05) is 13.7 Å². The zero-order valence-electron chi connectivity index (χ0n) is 15.6. The van der Waals surface area contributed by atoms with Crippen LogP contribution in [0.25, 0.3) is 0 Å². The molecule has 0 spiro atoms. The minimum absolute atomic E-state index is 0.0810. The number of carbonyl (C=O) groups excluding carboxylic acids is 1. The van der Waals surface area contributed by atoms with E-state index in [2.05, 4.69) is 18.8 Å². The highest BCUT2D eigenvalue weighted by molar-refractivity contribution is 7.07. The fourth-order valence-electron chi connectivity index (χ4n) is 2.78. The van der Waals surface area contributed by atoms with Gasteiger partial charge in [0, 0.05) is 23.5 Å². The molecule has 6 heteroatoms. The third-order valence-electron chi connectivity index (χ3n) is 4.47. The van der Waals surface area contributed by atoms with Crippen molar-refractivity contribution >= 4 is 17.2 Å². The summed E-state index contributed by atoms with van der Waals surface area (Å²) in [5, 5.41) is 1.95. The van der Waals surface area contributed by atoms with E-state index in [1.165, 1.54) is 11.3 Å². The summed E-state index contributed by atoms with van der Waals surface area (Å²) in [6.45, 7) is 5.57. The van der Waals surface area contributed by atoms with Crippen molar-refractivity contribution in [3.8, 4) is 11.5 Å². The normalized spacial score (nSPS) is 13.7. The second-order valence-corrected chi connectivity index (χ2v) is 7.77. The summed E-state index contributed by atoms with van der Waals surface area (Å²) in [6, 6.07) is 5.81. The van der Waals surface area contributed by atoms with E-state index < -0.39 is 0 Å². The predicted octanol–water partition coefficient (Wildman–Crippen LogP) is 4.38. The van der Waals surface area contributed by atoms with Crippen LogP contribution >= 0.6 is 11.3 Å². The maximum absolute atomic E-state index is 13.0. The minimum Gasteiger partial charge on any atom is -0.493 e. The van der Waals surface area contributed by atoms with Gasteiger partial charge in [0.25, 0.3) is 5.91 Å². The third-order valence-corrected chi connectivity index (χ3v) is 5.10. The summed E-state index contributed by atoms with van der Waals surface area (Å²) in [7, 11) is 1.59. The molecule has 1 aromatic carbocycles. The molecule has 26 heavy (non-hydrogen) atoms. The largest absolute Gasteiger partial charge is 0.493 e. The Labute approximate surface area is 159 Å². The highest BCUT2D eigenvalue weighted by Gasteiger charge is 2.33. The first-order chi connectivity index (χ1) is 12.6. The van der Waals surface area contributed by atoms with Crippen molar-refractivity contribution in [2.45, 2.75) is 45.8 Å². The molecular weight excluding hydrogens is 348 g/mol. The highest BCUT2D eigenvalue weighted by atomic mass is 32.1. The van der Waals surface area contributed by atoms with Crippen molar-refractivity contribution in [3.05, 3.63) is 40.3 Å². The lowest BCUT2D eigenvalue weighted by Gasteiger charge is -2.24. The number of thiazole rings is 1. The number of benzene rings is 1. The van der Waals surface area contributed by atoms with Gasteiger partial charge in [0.05, 0.1) is 18.3 Å². The Kier molecular flexibility index (Phi) is 6.14. The van der Waals surface area contributed by atoms with E-state index in [1.54, 1.807) is 18.7 Å². The van der Waals surface area contributed by atoms with Crippen LogP contribution in [0.2, 0.25) is 0 Å². The number of rotatable bonds is 9. The monoisotopic (exact) mass is 374 g/mol. The van der Waals surface area contributed by atoms with E-state index in [-0.39, 0.29) is 5.91 Å². The first-order valence-corrected chi connectivity index (χ1v) is 10.0. The molecule has 0 aliphatic heterocycles. The molecule has 0 radical (unpaired) electrons. The summed E-state index contributed by atoms with van der Waals surface area (Å²) < 4.78 is 11.2. The van der Waals surface area contributed by atoms with Gasteiger partial charge in [-0.3, -0.25) is 4.79 Å². The molecule has 1 aromatic heterocycles. The second kappa shape index (κ2) is 8.54. The van der Waals surface area contributed by atoms with E-state index in [0.717, 1.165) is 31.5 Å². The van der Waals surface area contributed by atoms with Crippen LogP contribution in [0.1, 0.15) is 49.2 Å². The van der Waals surface area contributed by atoms with Gasteiger partial charge >= 0.3 is 0 Å². The van der Waals surface area contributed by atoms with E-state index in [1.807, 2.05) is 22.4 Å². The first kappa shape index (κ1) is 18.7. The number of carbonyl (C=O) groups is 1. The van der Waals surface area contributed by atoms with E-state index in [4.69, 9.17) is 9.47 Å². The van der Waals surface area contributed by atoms with Crippen LogP contribution in [-0.2, 0) is 6.61 Å². The number of methoxy groups -OCH3 is 1. The molecule has 0 atom stereocenters. The van der Waals surface area contributed by atoms with Crippen LogP contribution in [0.15, 0.2) is 29.1 Å². The fraction of sp³-hybridized carbons (Fsp3) is 0.500. The van der Waals surface area contributed by atoms with Crippen LogP contribution in [0, 0.1) is 5.92 Å². The lowest BCUT2D eigenvalue weighted by atomic mass is 10.1. The van der Waals surface area contributed by atoms with Crippen LogP contribution in [-0.4, -0.2) is 35.5 Å². The lowest BCUT2D eigenvalue weighted by molar-refractivity contribution is 0.0735. The van der Waals surface area contributed by atoms with Crippen molar-refractivity contribution in [3.63, 3.8) is 0 Å². The molecule has 1 heterocycles. The van der Waals surface area contributed by atoms with Gasteiger partial charge in [-0.1, -0.05) is 13.8 Å². The number of amides is 1. The maximum Gasteiger partial charge on any atom is 0.254 e. The first-order valence-electron chi connectivity index (χ1n) is 9.07. The molecule has 5 nitrogen and oxygen atoms in total. The molecule has 1 saturated carbocycles. The SMILES string of the molecule is COc1cc(C(=O)N(CCC(C)C)C2CC2)ccc1OCc1cscn1. The lowest BCUT2D eigenvalue weighted by Crippen LogP contribution is -2.34. The van der Waals surface area contributed by atoms with E-state index in [9.17, 15) is 4.79 Å². The molecule has 1 aliphatic carbocycles. The molecule has 0 unspecified atom stereocenters. The maximum atomic E-state index is 13.0. The topological polar surface area (TPSA) is 51.7 Å². The summed E-state index contributed by atoms with van der Waals surface area (Å²) in [5.74, 6) is 1.86. The second-order valence-electron chi connectivity index (χ2n) is 7.05. The van der Waals surface area contributed by atoms with E-state index >= 15 is 0 Å². The standard InChI is InChI=1S/C20H26N2O3S/c1-14(2)8-9-22(17-5-6-17)20(23)15-4-7-18(19(10-15)24-3)25-11-16-12-26-13-21-16/h4,7,10,12-14,17H,5-6,8-9,11H2,1-3H3. The Bertz CT molecular complexity index is 727. The Balaban J connectivity index is 1.71.